The molecule has 1 amide bonds. The van der Waals surface area contributed by atoms with Crippen molar-refractivity contribution in [1.29, 1.82) is 5.26 Å². The number of amides is 1. The first kappa shape index (κ1) is 12.9. The van der Waals surface area contributed by atoms with Gasteiger partial charge in [0.1, 0.15) is 12.1 Å². The van der Waals surface area contributed by atoms with Crippen LogP contribution >= 0.6 is 0 Å². The monoisotopic (exact) mass is 198 g/mol. The van der Waals surface area contributed by atoms with Crippen LogP contribution in [0.2, 0.25) is 0 Å². The summed E-state index contributed by atoms with van der Waals surface area (Å²) in [6, 6.07) is 2.06. The molecule has 0 aliphatic rings. The van der Waals surface area contributed by atoms with E-state index in [1.807, 2.05) is 20.8 Å². The Labute approximate surface area is 85.2 Å². The van der Waals surface area contributed by atoms with Crippen LogP contribution in [0.1, 0.15) is 34.1 Å². The van der Waals surface area contributed by atoms with Gasteiger partial charge < -0.3 is 10.1 Å². The van der Waals surface area contributed by atoms with Crippen LogP contribution in [0.3, 0.4) is 0 Å². The summed E-state index contributed by atoms with van der Waals surface area (Å²) in [4.78, 5) is 11.3. The molecule has 1 N–H and O–H groups in total. The summed E-state index contributed by atoms with van der Waals surface area (Å²) in [6.45, 7) is 7.27. The number of nitrogens with one attached hydrogen (secondary N) is 1. The number of rotatable bonds is 5. The molecular formula is C10H18N2O2. The minimum absolute atomic E-state index is 0.00887. The number of carbonyl (C=O) groups is 1. The highest BCUT2D eigenvalue weighted by Gasteiger charge is 2.23. The second-order valence-corrected chi connectivity index (χ2v) is 3.71. The minimum Gasteiger partial charge on any atom is -0.369 e. The average Bonchev–Trinajstić information content (AvgIpc) is 2.14. The zero-order valence-electron chi connectivity index (χ0n) is 9.26. The minimum atomic E-state index is -0.780. The quantitative estimate of drug-likeness (QED) is 0.722. The largest absolute Gasteiger partial charge is 0.369 e. The van der Waals surface area contributed by atoms with Crippen LogP contribution in [0.4, 0.5) is 0 Å². The summed E-state index contributed by atoms with van der Waals surface area (Å²) >= 11 is 0. The molecular weight excluding hydrogens is 180 g/mol. The molecule has 0 aromatic heterocycles. The number of hydrogen-bond donors (Lipinski definition) is 1. The number of carbonyl (C=O) groups excluding carboxylic acids is 1. The summed E-state index contributed by atoms with van der Waals surface area (Å²) in [7, 11) is 0. The highest BCUT2D eigenvalue weighted by molar-refractivity contribution is 5.78. The standard InChI is InChI=1S/C10H18N2O2/c1-5-10(4,7-11)12-9(13)6-14-8(2)3/h8H,5-6H2,1-4H3,(H,12,13). The SMILES string of the molecule is CCC(C)(C#N)NC(=O)COC(C)C. The Morgan fingerprint density at radius 2 is 2.21 bits per heavy atom. The van der Waals surface area contributed by atoms with Crippen LogP contribution in [0.15, 0.2) is 0 Å². The number of ether oxygens (including phenoxy) is 1. The Hall–Kier alpha value is -1.08. The third-order valence-corrected chi connectivity index (χ3v) is 1.92. The molecule has 0 fully saturated rings. The maximum absolute atomic E-state index is 11.3. The van der Waals surface area contributed by atoms with Gasteiger partial charge in [0.2, 0.25) is 5.91 Å². The van der Waals surface area contributed by atoms with E-state index in [0.29, 0.717) is 6.42 Å². The summed E-state index contributed by atoms with van der Waals surface area (Å²) in [6.07, 6.45) is 0.604. The third kappa shape index (κ3) is 4.83. The predicted octanol–water partition coefficient (Wildman–Crippen LogP) is 1.22. The summed E-state index contributed by atoms with van der Waals surface area (Å²) in [5.74, 6) is -0.246. The first-order valence-electron chi connectivity index (χ1n) is 4.77. The lowest BCUT2D eigenvalue weighted by Gasteiger charge is -2.21. The molecule has 0 rings (SSSR count). The molecule has 4 heteroatoms. The fourth-order valence-electron chi connectivity index (χ4n) is 0.782. The van der Waals surface area contributed by atoms with Crippen molar-refractivity contribution in [2.45, 2.75) is 45.8 Å². The van der Waals surface area contributed by atoms with Gasteiger partial charge in [-0.15, -0.1) is 0 Å². The van der Waals surface area contributed by atoms with E-state index < -0.39 is 5.54 Å². The molecule has 0 bridgehead atoms. The Morgan fingerprint density at radius 1 is 1.64 bits per heavy atom. The van der Waals surface area contributed by atoms with E-state index in [1.165, 1.54) is 0 Å². The fourth-order valence-corrected chi connectivity index (χ4v) is 0.782. The van der Waals surface area contributed by atoms with Gasteiger partial charge in [0.25, 0.3) is 0 Å². The van der Waals surface area contributed by atoms with Crippen molar-refractivity contribution in [3.05, 3.63) is 0 Å². The molecule has 0 saturated heterocycles. The highest BCUT2D eigenvalue weighted by atomic mass is 16.5. The van der Waals surface area contributed by atoms with Crippen molar-refractivity contribution < 1.29 is 9.53 Å². The zero-order valence-corrected chi connectivity index (χ0v) is 9.26. The first-order valence-corrected chi connectivity index (χ1v) is 4.77. The van der Waals surface area contributed by atoms with Crippen LogP contribution < -0.4 is 5.32 Å². The van der Waals surface area contributed by atoms with E-state index in [1.54, 1.807) is 6.92 Å². The van der Waals surface area contributed by atoms with E-state index >= 15 is 0 Å². The normalized spacial score (nSPS) is 14.6. The lowest BCUT2D eigenvalue weighted by atomic mass is 10.0. The van der Waals surface area contributed by atoms with Crippen molar-refractivity contribution in [3.8, 4) is 6.07 Å². The van der Waals surface area contributed by atoms with Gasteiger partial charge in [-0.1, -0.05) is 6.92 Å². The van der Waals surface area contributed by atoms with Gasteiger partial charge in [-0.3, -0.25) is 4.79 Å². The second-order valence-electron chi connectivity index (χ2n) is 3.71. The zero-order chi connectivity index (χ0) is 11.2. The molecule has 1 unspecified atom stereocenters. The second kappa shape index (κ2) is 5.61. The first-order chi connectivity index (χ1) is 6.43. The molecule has 0 spiro atoms. The van der Waals surface area contributed by atoms with Gasteiger partial charge in [0.15, 0.2) is 0 Å². The molecule has 0 aromatic carbocycles. The summed E-state index contributed by atoms with van der Waals surface area (Å²) in [5.41, 5.74) is -0.780. The Morgan fingerprint density at radius 3 is 2.57 bits per heavy atom. The maximum Gasteiger partial charge on any atom is 0.247 e. The molecule has 80 valence electrons. The molecule has 14 heavy (non-hydrogen) atoms. The third-order valence-electron chi connectivity index (χ3n) is 1.92. The molecule has 1 atom stereocenters. The molecule has 0 radical (unpaired) electrons. The Bertz CT molecular complexity index is 233. The number of hydrogen-bond acceptors (Lipinski definition) is 3. The fraction of sp³-hybridized carbons (Fsp3) is 0.800. The topological polar surface area (TPSA) is 62.1 Å². The lowest BCUT2D eigenvalue weighted by Crippen LogP contribution is -2.46. The van der Waals surface area contributed by atoms with Crippen molar-refractivity contribution in [1.82, 2.24) is 5.32 Å². The Balaban J connectivity index is 4.00. The van der Waals surface area contributed by atoms with Crippen molar-refractivity contribution in [3.63, 3.8) is 0 Å². The van der Waals surface area contributed by atoms with Gasteiger partial charge in [0, 0.05) is 0 Å². The van der Waals surface area contributed by atoms with E-state index in [-0.39, 0.29) is 18.6 Å². The van der Waals surface area contributed by atoms with Crippen molar-refractivity contribution in [2.75, 3.05) is 6.61 Å². The summed E-state index contributed by atoms with van der Waals surface area (Å²) in [5, 5.41) is 11.4. The predicted molar refractivity (Wildman–Crippen MR) is 53.5 cm³/mol. The van der Waals surface area contributed by atoms with Crippen LogP contribution in [0.5, 0.6) is 0 Å². The molecule has 0 heterocycles. The van der Waals surface area contributed by atoms with Gasteiger partial charge in [-0.2, -0.15) is 5.26 Å². The number of nitriles is 1. The van der Waals surface area contributed by atoms with Gasteiger partial charge in [0.05, 0.1) is 12.2 Å². The molecule has 4 nitrogen and oxygen atoms in total. The van der Waals surface area contributed by atoms with Crippen LogP contribution in [-0.2, 0) is 9.53 Å². The molecule has 0 aromatic rings. The van der Waals surface area contributed by atoms with Crippen molar-refractivity contribution in [2.24, 2.45) is 0 Å². The van der Waals surface area contributed by atoms with Crippen LogP contribution in [0.25, 0.3) is 0 Å². The van der Waals surface area contributed by atoms with Crippen LogP contribution in [-0.4, -0.2) is 24.2 Å². The molecule has 0 aliphatic carbocycles. The Kier molecular flexibility index (Phi) is 5.18. The van der Waals surface area contributed by atoms with Crippen molar-refractivity contribution >= 4 is 5.91 Å². The van der Waals surface area contributed by atoms with Crippen LogP contribution in [0, 0.1) is 11.3 Å². The number of nitrogens with zero attached hydrogens (tertiary/aromatic N) is 1. The maximum atomic E-state index is 11.3. The van der Waals surface area contributed by atoms with E-state index in [9.17, 15) is 4.79 Å². The van der Waals surface area contributed by atoms with Gasteiger partial charge >= 0.3 is 0 Å². The van der Waals surface area contributed by atoms with E-state index in [0.717, 1.165) is 0 Å². The van der Waals surface area contributed by atoms with Gasteiger partial charge in [-0.25, -0.2) is 0 Å². The van der Waals surface area contributed by atoms with E-state index in [2.05, 4.69) is 11.4 Å². The lowest BCUT2D eigenvalue weighted by molar-refractivity contribution is -0.128. The highest BCUT2D eigenvalue weighted by Crippen LogP contribution is 2.06. The summed E-state index contributed by atoms with van der Waals surface area (Å²) < 4.78 is 5.12. The smallest absolute Gasteiger partial charge is 0.247 e. The molecule has 0 saturated carbocycles. The molecule has 0 aliphatic heterocycles. The van der Waals surface area contributed by atoms with E-state index in [4.69, 9.17) is 10.00 Å². The van der Waals surface area contributed by atoms with Gasteiger partial charge in [-0.05, 0) is 27.2 Å². The average molecular weight is 198 g/mol.